The van der Waals surface area contributed by atoms with Crippen LogP contribution < -0.4 is 5.32 Å². The molecule has 19 heavy (non-hydrogen) atoms. The largest absolute Gasteiger partial charge is 0.309 e. The van der Waals surface area contributed by atoms with E-state index in [0.717, 1.165) is 12.8 Å². The van der Waals surface area contributed by atoms with Crippen molar-refractivity contribution < 1.29 is 0 Å². The normalized spacial score (nSPS) is 12.6. The van der Waals surface area contributed by atoms with Crippen LogP contribution >= 0.6 is 11.3 Å². The minimum atomic E-state index is 0.321. The molecule has 0 amide bonds. The summed E-state index contributed by atoms with van der Waals surface area (Å²) in [6, 6.07) is 9.46. The summed E-state index contributed by atoms with van der Waals surface area (Å²) in [7, 11) is 2.06. The third kappa shape index (κ3) is 2.90. The molecule has 102 valence electrons. The second-order valence-corrected chi connectivity index (χ2v) is 5.88. The van der Waals surface area contributed by atoms with Gasteiger partial charge in [-0.15, -0.1) is 11.3 Å². The van der Waals surface area contributed by atoms with Gasteiger partial charge in [-0.3, -0.25) is 0 Å². The van der Waals surface area contributed by atoms with Crippen molar-refractivity contribution in [1.29, 1.82) is 0 Å². The van der Waals surface area contributed by atoms with E-state index in [4.69, 9.17) is 0 Å². The van der Waals surface area contributed by atoms with Crippen LogP contribution in [-0.4, -0.2) is 7.05 Å². The molecular weight excluding hydrogens is 250 g/mol. The topological polar surface area (TPSA) is 12.0 Å². The highest BCUT2D eigenvalue weighted by Gasteiger charge is 2.18. The van der Waals surface area contributed by atoms with Gasteiger partial charge in [-0.1, -0.05) is 32.0 Å². The van der Waals surface area contributed by atoms with E-state index >= 15 is 0 Å². The summed E-state index contributed by atoms with van der Waals surface area (Å²) in [5, 5.41) is 5.68. The summed E-state index contributed by atoms with van der Waals surface area (Å²) in [5.74, 6) is 0. The minimum absolute atomic E-state index is 0.321. The van der Waals surface area contributed by atoms with Gasteiger partial charge in [0, 0.05) is 4.88 Å². The Kier molecular flexibility index (Phi) is 4.78. The predicted octanol–water partition coefficient (Wildman–Crippen LogP) is 4.49. The Morgan fingerprint density at radius 1 is 1.16 bits per heavy atom. The number of hydrogen-bond donors (Lipinski definition) is 1. The number of nitrogens with one attached hydrogen (secondary N) is 1. The van der Waals surface area contributed by atoms with E-state index in [1.807, 2.05) is 11.3 Å². The lowest BCUT2D eigenvalue weighted by Gasteiger charge is -2.20. The van der Waals surface area contributed by atoms with E-state index in [-0.39, 0.29) is 0 Å². The van der Waals surface area contributed by atoms with Crippen molar-refractivity contribution in [2.75, 3.05) is 7.05 Å². The molecule has 0 radical (unpaired) electrons. The SMILES string of the molecule is CCc1ccc(CC)c(C(NC)c2sccc2C)c1. The Bertz CT molecular complexity index is 542. The van der Waals surface area contributed by atoms with E-state index in [1.165, 1.54) is 27.1 Å². The van der Waals surface area contributed by atoms with Gasteiger partial charge in [0.2, 0.25) is 0 Å². The molecule has 1 N–H and O–H groups in total. The molecule has 0 bridgehead atoms. The standard InChI is InChI=1S/C17H23NS/c1-5-13-7-8-14(6-2)15(11-13)16(18-4)17-12(3)9-10-19-17/h7-11,16,18H,5-6H2,1-4H3. The molecule has 1 aromatic carbocycles. The predicted molar refractivity (Wildman–Crippen MR) is 85.2 cm³/mol. The first-order valence-electron chi connectivity index (χ1n) is 7.04. The van der Waals surface area contributed by atoms with Crippen molar-refractivity contribution in [3.8, 4) is 0 Å². The van der Waals surface area contributed by atoms with Crippen LogP contribution in [-0.2, 0) is 12.8 Å². The van der Waals surface area contributed by atoms with Crippen LogP contribution in [0.1, 0.15) is 47.0 Å². The molecule has 1 nitrogen and oxygen atoms in total. The van der Waals surface area contributed by atoms with E-state index in [9.17, 15) is 0 Å². The Labute approximate surface area is 120 Å². The fourth-order valence-electron chi connectivity index (χ4n) is 2.56. The van der Waals surface area contributed by atoms with Crippen LogP contribution in [0.5, 0.6) is 0 Å². The number of benzene rings is 1. The van der Waals surface area contributed by atoms with Crippen LogP contribution in [0.4, 0.5) is 0 Å². The maximum absolute atomic E-state index is 3.50. The van der Waals surface area contributed by atoms with Crippen LogP contribution in [0.25, 0.3) is 0 Å². The van der Waals surface area contributed by atoms with E-state index in [2.05, 4.69) is 62.8 Å². The van der Waals surface area contributed by atoms with Gasteiger partial charge in [-0.25, -0.2) is 0 Å². The molecule has 1 unspecified atom stereocenters. The van der Waals surface area contributed by atoms with Crippen LogP contribution in [0.3, 0.4) is 0 Å². The highest BCUT2D eigenvalue weighted by molar-refractivity contribution is 7.10. The van der Waals surface area contributed by atoms with Crippen molar-refractivity contribution in [3.63, 3.8) is 0 Å². The highest BCUT2D eigenvalue weighted by Crippen LogP contribution is 2.32. The smallest absolute Gasteiger partial charge is 0.0674 e. The van der Waals surface area contributed by atoms with Gasteiger partial charge in [0.25, 0.3) is 0 Å². The third-order valence-electron chi connectivity index (χ3n) is 3.76. The first-order valence-corrected chi connectivity index (χ1v) is 7.92. The Morgan fingerprint density at radius 2 is 1.95 bits per heavy atom. The molecule has 0 aliphatic rings. The molecule has 1 heterocycles. The molecule has 1 atom stereocenters. The quantitative estimate of drug-likeness (QED) is 0.846. The van der Waals surface area contributed by atoms with Gasteiger partial charge in [-0.2, -0.15) is 0 Å². The van der Waals surface area contributed by atoms with E-state index in [0.29, 0.717) is 6.04 Å². The molecule has 0 fully saturated rings. The summed E-state index contributed by atoms with van der Waals surface area (Å²) in [6.45, 7) is 6.65. The minimum Gasteiger partial charge on any atom is -0.309 e. The fraction of sp³-hybridized carbons (Fsp3) is 0.412. The van der Waals surface area contributed by atoms with Gasteiger partial charge >= 0.3 is 0 Å². The molecule has 0 aliphatic heterocycles. The molecule has 0 aliphatic carbocycles. The van der Waals surface area contributed by atoms with Crippen molar-refractivity contribution >= 4 is 11.3 Å². The average molecular weight is 273 g/mol. The van der Waals surface area contributed by atoms with Gasteiger partial charge < -0.3 is 5.32 Å². The molecule has 0 spiro atoms. The zero-order chi connectivity index (χ0) is 13.8. The average Bonchev–Trinajstić information content (AvgIpc) is 2.86. The zero-order valence-corrected chi connectivity index (χ0v) is 13.1. The highest BCUT2D eigenvalue weighted by atomic mass is 32.1. The Balaban J connectivity index is 2.51. The van der Waals surface area contributed by atoms with E-state index in [1.54, 1.807) is 0 Å². The van der Waals surface area contributed by atoms with Gasteiger partial charge in [0.15, 0.2) is 0 Å². The molecular formula is C17H23NS. The molecule has 1 aromatic heterocycles. The Hall–Kier alpha value is -1.12. The lowest BCUT2D eigenvalue weighted by Crippen LogP contribution is -2.19. The first kappa shape index (κ1) is 14.3. The van der Waals surface area contributed by atoms with Gasteiger partial charge in [0.05, 0.1) is 6.04 Å². The first-order chi connectivity index (χ1) is 9.21. The monoisotopic (exact) mass is 273 g/mol. The lowest BCUT2D eigenvalue weighted by molar-refractivity contribution is 0.691. The van der Waals surface area contributed by atoms with Crippen LogP contribution in [0.15, 0.2) is 29.6 Å². The number of rotatable bonds is 5. The zero-order valence-electron chi connectivity index (χ0n) is 12.3. The second-order valence-electron chi connectivity index (χ2n) is 4.93. The van der Waals surface area contributed by atoms with Crippen molar-refractivity contribution in [1.82, 2.24) is 5.32 Å². The van der Waals surface area contributed by atoms with Crippen molar-refractivity contribution in [3.05, 3.63) is 56.8 Å². The summed E-state index contributed by atoms with van der Waals surface area (Å²) >= 11 is 1.85. The molecule has 2 heteroatoms. The maximum Gasteiger partial charge on any atom is 0.0674 e. The molecule has 2 aromatic rings. The number of thiophene rings is 1. The molecule has 0 saturated carbocycles. The van der Waals surface area contributed by atoms with Gasteiger partial charge in [0.1, 0.15) is 0 Å². The Morgan fingerprint density at radius 3 is 2.47 bits per heavy atom. The van der Waals surface area contributed by atoms with Crippen LogP contribution in [0, 0.1) is 6.92 Å². The fourth-order valence-corrected chi connectivity index (χ4v) is 3.62. The number of aryl methyl sites for hydroxylation is 3. The molecule has 0 saturated heterocycles. The van der Waals surface area contributed by atoms with E-state index < -0.39 is 0 Å². The lowest BCUT2D eigenvalue weighted by atomic mass is 9.93. The summed E-state index contributed by atoms with van der Waals surface area (Å²) in [4.78, 5) is 1.44. The van der Waals surface area contributed by atoms with Crippen molar-refractivity contribution in [2.45, 2.75) is 39.7 Å². The summed E-state index contributed by atoms with van der Waals surface area (Å²) in [5.41, 5.74) is 5.69. The third-order valence-corrected chi connectivity index (χ3v) is 4.85. The van der Waals surface area contributed by atoms with Gasteiger partial charge in [-0.05, 0) is 60.5 Å². The summed E-state index contributed by atoms with van der Waals surface area (Å²) < 4.78 is 0. The second kappa shape index (κ2) is 6.36. The maximum atomic E-state index is 3.50. The van der Waals surface area contributed by atoms with Crippen LogP contribution in [0.2, 0.25) is 0 Å². The van der Waals surface area contributed by atoms with Crippen molar-refractivity contribution in [2.24, 2.45) is 0 Å². The summed E-state index contributed by atoms with van der Waals surface area (Å²) in [6.07, 6.45) is 2.18. The molecule has 2 rings (SSSR count). The number of hydrogen-bond acceptors (Lipinski definition) is 2.